The molecule has 0 heterocycles. The molecular weight excluding hydrogens is 243 g/mol. The van der Waals surface area contributed by atoms with Gasteiger partial charge in [0, 0.05) is 21.6 Å². The molecule has 0 spiro atoms. The largest absolute Gasteiger partial charge is 1.00 e. The molecule has 0 saturated carbocycles. The van der Waals surface area contributed by atoms with Crippen molar-refractivity contribution in [2.75, 3.05) is 0 Å². The number of rotatable bonds is 1. The average Bonchev–Trinajstić information content (AvgIpc) is 1.92. The molecule has 0 aliphatic heterocycles. The van der Waals surface area contributed by atoms with Gasteiger partial charge < -0.3 is 5.11 Å². The third-order valence-electron chi connectivity index (χ3n) is 1.23. The number of thiol groups is 1. The van der Waals surface area contributed by atoms with Crippen LogP contribution in [-0.2, 0) is 9.05 Å². The summed E-state index contributed by atoms with van der Waals surface area (Å²) in [7, 11) is 1.26. The van der Waals surface area contributed by atoms with Gasteiger partial charge in [-0.15, -0.1) is 12.6 Å². The van der Waals surface area contributed by atoms with Crippen LogP contribution in [0.2, 0.25) is 0 Å². The molecule has 0 unspecified atom stereocenters. The maximum Gasteiger partial charge on any atom is 1.00 e. The predicted molar refractivity (Wildman–Crippen MR) is 48.4 cm³/mol. The van der Waals surface area contributed by atoms with Crippen LogP contribution in [-0.4, -0.2) is 13.5 Å². The molecule has 0 fully saturated rings. The number of phenolic OH excluding ortho intramolecular Hbond substituents is 1. The van der Waals surface area contributed by atoms with Crippen LogP contribution in [0.1, 0.15) is 0 Å². The number of phenols is 1. The maximum atomic E-state index is 10.7. The van der Waals surface area contributed by atoms with Crippen molar-refractivity contribution in [1.82, 2.24) is 0 Å². The van der Waals surface area contributed by atoms with Crippen LogP contribution in [0.25, 0.3) is 0 Å². The number of aromatic hydroxyl groups is 1. The Hall–Kier alpha value is 0.610. The van der Waals surface area contributed by atoms with Crippen molar-refractivity contribution in [1.29, 1.82) is 0 Å². The molecule has 7 heteroatoms. The normalized spacial score (nSPS) is 10.6. The molecule has 0 aliphatic carbocycles. The smallest absolute Gasteiger partial charge is 0.507 e. The molecule has 0 atom stereocenters. The topological polar surface area (TPSA) is 54.4 Å². The first-order valence-electron chi connectivity index (χ1n) is 2.88. The van der Waals surface area contributed by atoms with E-state index >= 15 is 0 Å². The van der Waals surface area contributed by atoms with E-state index in [9.17, 15) is 8.42 Å². The van der Waals surface area contributed by atoms with Crippen LogP contribution in [0.15, 0.2) is 28.0 Å². The Morgan fingerprint density at radius 2 is 1.92 bits per heavy atom. The van der Waals surface area contributed by atoms with Crippen molar-refractivity contribution in [2.45, 2.75) is 9.79 Å². The van der Waals surface area contributed by atoms with Gasteiger partial charge in [-0.05, 0) is 12.1 Å². The summed E-state index contributed by atoms with van der Waals surface area (Å²) < 4.78 is 21.5. The third-order valence-corrected chi connectivity index (χ3v) is 2.96. The van der Waals surface area contributed by atoms with Gasteiger partial charge in [0.15, 0.2) is 0 Å². The molecule has 13 heavy (non-hydrogen) atoms. The number of halogens is 1. The Bertz CT molecular complexity index is 404. The molecule has 1 aromatic carbocycles. The van der Waals surface area contributed by atoms with Crippen LogP contribution in [0.5, 0.6) is 5.75 Å². The van der Waals surface area contributed by atoms with Crippen molar-refractivity contribution >= 4 is 32.4 Å². The van der Waals surface area contributed by atoms with Crippen LogP contribution in [0, 0.1) is 0 Å². The number of hydrogen-bond acceptors (Lipinski definition) is 4. The Kier molecular flexibility index (Phi) is 5.14. The van der Waals surface area contributed by atoms with Gasteiger partial charge >= 0.3 is 29.6 Å². The SMILES string of the molecule is O=S(=O)(Cl)c1ccc(S)c(O)c1.[Na+]. The molecule has 0 saturated heterocycles. The summed E-state index contributed by atoms with van der Waals surface area (Å²) in [5, 5.41) is 9.06. The zero-order chi connectivity index (χ0) is 9.35. The van der Waals surface area contributed by atoms with Crippen LogP contribution in [0.3, 0.4) is 0 Å². The molecule has 0 amide bonds. The first kappa shape index (κ1) is 13.6. The Labute approximate surface area is 108 Å². The van der Waals surface area contributed by atoms with E-state index in [1.807, 2.05) is 0 Å². The van der Waals surface area contributed by atoms with Crippen molar-refractivity contribution in [3.05, 3.63) is 18.2 Å². The Morgan fingerprint density at radius 1 is 1.38 bits per heavy atom. The summed E-state index contributed by atoms with van der Waals surface area (Å²) in [6.45, 7) is 0. The van der Waals surface area contributed by atoms with Crippen LogP contribution >= 0.6 is 23.3 Å². The quantitative estimate of drug-likeness (QED) is 0.365. The van der Waals surface area contributed by atoms with E-state index in [1.165, 1.54) is 12.1 Å². The molecule has 1 rings (SSSR count). The fourth-order valence-corrected chi connectivity index (χ4v) is 1.56. The number of benzene rings is 1. The van der Waals surface area contributed by atoms with Crippen molar-refractivity contribution in [3.63, 3.8) is 0 Å². The summed E-state index contributed by atoms with van der Waals surface area (Å²) in [6, 6.07) is 3.67. The van der Waals surface area contributed by atoms with Gasteiger partial charge in [0.2, 0.25) is 0 Å². The first-order chi connectivity index (χ1) is 5.41. The van der Waals surface area contributed by atoms with E-state index in [0.717, 1.165) is 6.07 Å². The van der Waals surface area contributed by atoms with Crippen molar-refractivity contribution in [3.8, 4) is 5.75 Å². The van der Waals surface area contributed by atoms with Gasteiger partial charge in [-0.25, -0.2) is 8.42 Å². The molecule has 0 bridgehead atoms. The molecule has 1 N–H and O–H groups in total. The number of hydrogen-bond donors (Lipinski definition) is 2. The van der Waals surface area contributed by atoms with Gasteiger partial charge in [-0.3, -0.25) is 0 Å². The van der Waals surface area contributed by atoms with Gasteiger partial charge in [-0.1, -0.05) is 0 Å². The molecular formula is C6H5ClNaO3S2+. The van der Waals surface area contributed by atoms with Gasteiger partial charge in [0.05, 0.1) is 4.90 Å². The van der Waals surface area contributed by atoms with E-state index in [1.54, 1.807) is 0 Å². The molecule has 66 valence electrons. The fourth-order valence-electron chi connectivity index (χ4n) is 0.655. The minimum absolute atomic E-state index is 0. The molecule has 0 aromatic heterocycles. The summed E-state index contributed by atoms with van der Waals surface area (Å²) in [5.74, 6) is -0.208. The monoisotopic (exact) mass is 247 g/mol. The first-order valence-corrected chi connectivity index (χ1v) is 5.63. The minimum atomic E-state index is -3.76. The Balaban J connectivity index is 0.00000144. The summed E-state index contributed by atoms with van der Waals surface area (Å²) in [5.41, 5.74) is 0. The zero-order valence-corrected chi connectivity index (χ0v) is 11.2. The molecule has 0 radical (unpaired) electrons. The van der Waals surface area contributed by atoms with E-state index in [0.29, 0.717) is 4.90 Å². The van der Waals surface area contributed by atoms with Crippen molar-refractivity contribution in [2.24, 2.45) is 0 Å². The van der Waals surface area contributed by atoms with Gasteiger partial charge in [0.1, 0.15) is 5.75 Å². The summed E-state index contributed by atoms with van der Waals surface area (Å²) in [4.78, 5) is 0.165. The summed E-state index contributed by atoms with van der Waals surface area (Å²) >= 11 is 3.85. The molecule has 3 nitrogen and oxygen atoms in total. The van der Waals surface area contributed by atoms with E-state index in [-0.39, 0.29) is 40.2 Å². The second-order valence-electron chi connectivity index (χ2n) is 2.09. The standard InChI is InChI=1S/C6H5ClO3S2.Na/c7-12(9,10)4-1-2-6(11)5(8)3-4;/h1-3,8,11H;/q;+1. The van der Waals surface area contributed by atoms with E-state index < -0.39 is 9.05 Å². The second kappa shape index (κ2) is 4.91. The maximum absolute atomic E-state index is 10.7. The average molecular weight is 248 g/mol. The predicted octanol–water partition coefficient (Wildman–Crippen LogP) is -1.39. The second-order valence-corrected chi connectivity index (χ2v) is 5.14. The van der Waals surface area contributed by atoms with Gasteiger partial charge in [-0.2, -0.15) is 0 Å². The third kappa shape index (κ3) is 3.69. The summed E-state index contributed by atoms with van der Waals surface area (Å²) in [6.07, 6.45) is 0. The van der Waals surface area contributed by atoms with Gasteiger partial charge in [0.25, 0.3) is 9.05 Å². The molecule has 1 aromatic rings. The van der Waals surface area contributed by atoms with E-state index in [4.69, 9.17) is 15.8 Å². The van der Waals surface area contributed by atoms with Crippen LogP contribution < -0.4 is 29.6 Å². The van der Waals surface area contributed by atoms with Crippen molar-refractivity contribution < 1.29 is 43.1 Å². The van der Waals surface area contributed by atoms with Crippen LogP contribution in [0.4, 0.5) is 0 Å². The fraction of sp³-hybridized carbons (Fsp3) is 0. The van der Waals surface area contributed by atoms with E-state index in [2.05, 4.69) is 12.6 Å². The molecule has 0 aliphatic rings. The minimum Gasteiger partial charge on any atom is -0.507 e. The Morgan fingerprint density at radius 3 is 2.31 bits per heavy atom. The zero-order valence-electron chi connectivity index (χ0n) is 6.73.